The fraction of sp³-hybridized carbons (Fsp3) is 0.250. The highest BCUT2D eigenvalue weighted by Gasteiger charge is 2.21. The summed E-state index contributed by atoms with van der Waals surface area (Å²) in [7, 11) is 0. The molecule has 1 amide bonds. The molecule has 1 unspecified atom stereocenters. The second-order valence-electron chi connectivity index (χ2n) is 1.95. The van der Waals surface area contributed by atoms with Crippen LogP contribution in [0.15, 0.2) is 0 Å². The number of carboxylic acid groups (broad SMARTS) is 1. The van der Waals surface area contributed by atoms with Crippen LogP contribution >= 0.6 is 12.2 Å². The van der Waals surface area contributed by atoms with E-state index in [1.807, 2.05) is 0 Å². The van der Waals surface area contributed by atoms with Gasteiger partial charge in [-0.25, -0.2) is 4.79 Å². The number of nitrogens with one attached hydrogen (secondary N) is 4. The van der Waals surface area contributed by atoms with Crippen LogP contribution in [-0.4, -0.2) is 28.4 Å². The first-order chi connectivity index (χ1) is 5.59. The van der Waals surface area contributed by atoms with Crippen LogP contribution in [0.25, 0.3) is 0 Å². The summed E-state index contributed by atoms with van der Waals surface area (Å²) in [4.78, 5) is 20.6. The van der Waals surface area contributed by atoms with Crippen LogP contribution in [-0.2, 0) is 9.59 Å². The molecule has 12 heavy (non-hydrogen) atoms. The molecule has 0 aromatic rings. The molecular weight excluding hydrogens is 184 g/mol. The van der Waals surface area contributed by atoms with Crippen molar-refractivity contribution in [3.05, 3.63) is 0 Å². The van der Waals surface area contributed by atoms with Crippen LogP contribution < -0.4 is 21.5 Å². The first-order valence-electron chi connectivity index (χ1n) is 2.95. The Labute approximate surface area is 72.5 Å². The number of carbonyl (C=O) groups is 2. The predicted molar refractivity (Wildman–Crippen MR) is 41.6 cm³/mol. The van der Waals surface area contributed by atoms with Crippen LogP contribution in [0.5, 0.6) is 0 Å². The van der Waals surface area contributed by atoms with Gasteiger partial charge in [0.2, 0.25) is 0 Å². The summed E-state index contributed by atoms with van der Waals surface area (Å²) in [6, 6.07) is 0. The van der Waals surface area contributed by atoms with E-state index in [2.05, 4.69) is 33.7 Å². The molecule has 0 spiro atoms. The van der Waals surface area contributed by atoms with Gasteiger partial charge in [0.25, 0.3) is 0 Å². The second-order valence-corrected chi connectivity index (χ2v) is 2.36. The van der Waals surface area contributed by atoms with Crippen molar-refractivity contribution in [1.29, 1.82) is 0 Å². The Kier molecular flexibility index (Phi) is 2.41. The molecular formula is C4H6N4O3S. The summed E-state index contributed by atoms with van der Waals surface area (Å²) >= 11 is 4.63. The van der Waals surface area contributed by atoms with E-state index in [1.54, 1.807) is 0 Å². The maximum atomic E-state index is 10.5. The molecule has 0 aromatic carbocycles. The van der Waals surface area contributed by atoms with Gasteiger partial charge in [-0.15, -0.1) is 0 Å². The molecule has 0 aliphatic carbocycles. The van der Waals surface area contributed by atoms with Gasteiger partial charge >= 0.3 is 11.9 Å². The van der Waals surface area contributed by atoms with Crippen molar-refractivity contribution >= 4 is 29.2 Å². The van der Waals surface area contributed by atoms with Gasteiger partial charge in [0.05, 0.1) is 0 Å². The summed E-state index contributed by atoms with van der Waals surface area (Å²) in [5, 5.41) is 13.1. The largest absolute Gasteiger partial charge is 0.474 e. The van der Waals surface area contributed by atoms with Crippen LogP contribution in [0.3, 0.4) is 0 Å². The first kappa shape index (κ1) is 8.68. The molecule has 0 saturated carbocycles. The zero-order valence-electron chi connectivity index (χ0n) is 5.75. The van der Waals surface area contributed by atoms with Crippen molar-refractivity contribution in [3.63, 3.8) is 0 Å². The topological polar surface area (TPSA) is 102 Å². The normalized spacial score (nSPS) is 21.0. The number of amides is 1. The zero-order valence-corrected chi connectivity index (χ0v) is 6.57. The third kappa shape index (κ3) is 2.04. The van der Waals surface area contributed by atoms with Crippen molar-refractivity contribution in [1.82, 2.24) is 21.5 Å². The van der Waals surface area contributed by atoms with E-state index in [-0.39, 0.29) is 0 Å². The van der Waals surface area contributed by atoms with Crippen molar-refractivity contribution in [2.75, 3.05) is 0 Å². The molecule has 5 N–H and O–H groups in total. The van der Waals surface area contributed by atoms with Gasteiger partial charge in [-0.05, 0) is 12.2 Å². The van der Waals surface area contributed by atoms with Crippen molar-refractivity contribution in [3.8, 4) is 0 Å². The van der Waals surface area contributed by atoms with Gasteiger partial charge in [-0.2, -0.15) is 5.43 Å². The summed E-state index contributed by atoms with van der Waals surface area (Å²) in [6.07, 6.45) is -0.680. The van der Waals surface area contributed by atoms with Gasteiger partial charge < -0.3 is 15.7 Å². The van der Waals surface area contributed by atoms with E-state index >= 15 is 0 Å². The molecule has 0 aromatic heterocycles. The van der Waals surface area contributed by atoms with E-state index in [0.717, 1.165) is 0 Å². The molecule has 1 saturated heterocycles. The fourth-order valence-corrected chi connectivity index (χ4v) is 0.783. The van der Waals surface area contributed by atoms with Gasteiger partial charge in [-0.1, -0.05) is 0 Å². The molecule has 1 heterocycles. The number of hydrogen-bond acceptors (Lipinski definition) is 4. The van der Waals surface area contributed by atoms with Crippen molar-refractivity contribution in [2.45, 2.75) is 6.29 Å². The van der Waals surface area contributed by atoms with E-state index in [9.17, 15) is 9.59 Å². The lowest BCUT2D eigenvalue weighted by molar-refractivity contribution is -0.150. The van der Waals surface area contributed by atoms with Gasteiger partial charge in [0, 0.05) is 0 Å². The molecule has 0 bridgehead atoms. The van der Waals surface area contributed by atoms with Crippen LogP contribution in [0.2, 0.25) is 0 Å². The Morgan fingerprint density at radius 2 is 2.25 bits per heavy atom. The molecule has 8 heteroatoms. The number of carbonyl (C=O) groups excluding carboxylic acids is 1. The SMILES string of the molecule is O=C(O)C(=O)NC1NNC(=S)N1. The lowest BCUT2D eigenvalue weighted by Gasteiger charge is -2.08. The quantitative estimate of drug-likeness (QED) is 0.229. The van der Waals surface area contributed by atoms with Crippen LogP contribution in [0.4, 0.5) is 0 Å². The molecule has 1 rings (SSSR count). The van der Waals surface area contributed by atoms with Gasteiger partial charge in [0.15, 0.2) is 11.4 Å². The lowest BCUT2D eigenvalue weighted by Crippen LogP contribution is -2.51. The van der Waals surface area contributed by atoms with E-state index in [4.69, 9.17) is 5.11 Å². The highest BCUT2D eigenvalue weighted by Crippen LogP contribution is 1.79. The molecule has 1 atom stereocenters. The Morgan fingerprint density at radius 3 is 2.67 bits per heavy atom. The predicted octanol–water partition coefficient (Wildman–Crippen LogP) is -2.55. The average Bonchev–Trinajstić information content (AvgIpc) is 2.35. The zero-order chi connectivity index (χ0) is 9.14. The summed E-state index contributed by atoms with van der Waals surface area (Å²) in [6.45, 7) is 0. The maximum absolute atomic E-state index is 10.5. The minimum absolute atomic E-state index is 0.297. The molecule has 1 aliphatic heterocycles. The molecule has 1 fully saturated rings. The fourth-order valence-electron chi connectivity index (χ4n) is 0.606. The van der Waals surface area contributed by atoms with E-state index in [0.29, 0.717) is 5.11 Å². The van der Waals surface area contributed by atoms with Gasteiger partial charge in [0.1, 0.15) is 0 Å². The Hall–Kier alpha value is -1.41. The molecule has 7 nitrogen and oxygen atoms in total. The Balaban J connectivity index is 2.37. The molecule has 1 aliphatic rings. The minimum Gasteiger partial charge on any atom is -0.474 e. The number of aliphatic carboxylic acids is 1. The summed E-state index contributed by atoms with van der Waals surface area (Å²) in [5.41, 5.74) is 4.97. The third-order valence-corrected chi connectivity index (χ3v) is 1.30. The summed E-state index contributed by atoms with van der Waals surface area (Å²) in [5.74, 6) is -2.65. The van der Waals surface area contributed by atoms with Crippen LogP contribution in [0.1, 0.15) is 0 Å². The summed E-state index contributed by atoms with van der Waals surface area (Å²) < 4.78 is 0. The monoisotopic (exact) mass is 190 g/mol. The highest BCUT2D eigenvalue weighted by atomic mass is 32.1. The smallest absolute Gasteiger partial charge is 0.394 e. The van der Waals surface area contributed by atoms with Crippen molar-refractivity contribution in [2.24, 2.45) is 0 Å². The average molecular weight is 190 g/mol. The number of thiocarbonyl (C=S) groups is 1. The third-order valence-electron chi connectivity index (χ3n) is 1.08. The lowest BCUT2D eigenvalue weighted by atomic mass is 10.6. The van der Waals surface area contributed by atoms with Crippen molar-refractivity contribution < 1.29 is 14.7 Å². The van der Waals surface area contributed by atoms with E-state index in [1.165, 1.54) is 0 Å². The number of carboxylic acids is 1. The van der Waals surface area contributed by atoms with Gasteiger partial charge in [-0.3, -0.25) is 10.2 Å². The Morgan fingerprint density at radius 1 is 1.58 bits per heavy atom. The molecule has 0 radical (unpaired) electrons. The Bertz CT molecular complexity index is 242. The first-order valence-corrected chi connectivity index (χ1v) is 3.36. The van der Waals surface area contributed by atoms with E-state index < -0.39 is 18.2 Å². The molecule has 66 valence electrons. The maximum Gasteiger partial charge on any atom is 0.394 e. The second kappa shape index (κ2) is 3.32. The number of hydrogen-bond donors (Lipinski definition) is 5. The number of hydrazine groups is 1. The minimum atomic E-state index is -1.54. The number of rotatable bonds is 1. The highest BCUT2D eigenvalue weighted by molar-refractivity contribution is 7.80. The standard InChI is InChI=1S/C4H6N4O3S/c9-1(2(10)11)5-3-6-4(12)8-7-3/h3,7H,(H,5,9)(H,10,11)(H2,6,8,12). The van der Waals surface area contributed by atoms with Crippen LogP contribution in [0, 0.1) is 0 Å².